The summed E-state index contributed by atoms with van der Waals surface area (Å²) in [5.41, 5.74) is 1.31. The number of methoxy groups -OCH3 is 2. The molecule has 0 heterocycles. The second kappa shape index (κ2) is 9.48. The van der Waals surface area contributed by atoms with E-state index in [1.165, 1.54) is 10.5 Å². The van der Waals surface area contributed by atoms with Gasteiger partial charge in [-0.2, -0.15) is 0 Å². The highest BCUT2D eigenvalue weighted by Gasteiger charge is 1.97. The average molecular weight is 255 g/mol. The normalized spacial score (nSPS) is 10.7. The Labute approximate surface area is 108 Å². The number of ether oxygens (including phenoxy) is 2. The Balaban J connectivity index is 2.31. The van der Waals surface area contributed by atoms with Crippen molar-refractivity contribution in [1.82, 2.24) is 5.32 Å². The molecule has 0 atom stereocenters. The minimum absolute atomic E-state index is 0.752. The van der Waals surface area contributed by atoms with E-state index in [9.17, 15) is 0 Å². The van der Waals surface area contributed by atoms with Crippen LogP contribution in [-0.2, 0) is 16.0 Å². The molecule has 4 heteroatoms. The third-order valence-electron chi connectivity index (χ3n) is 2.27. The predicted molar refractivity (Wildman–Crippen MR) is 72.6 cm³/mol. The fourth-order valence-electron chi connectivity index (χ4n) is 1.40. The van der Waals surface area contributed by atoms with Crippen LogP contribution >= 0.6 is 11.8 Å². The van der Waals surface area contributed by atoms with Crippen LogP contribution in [0.25, 0.3) is 0 Å². The van der Waals surface area contributed by atoms with Crippen LogP contribution in [0.3, 0.4) is 0 Å². The van der Waals surface area contributed by atoms with Gasteiger partial charge in [0.25, 0.3) is 0 Å². The molecule has 0 saturated carbocycles. The maximum absolute atomic E-state index is 5.04. The zero-order valence-electron chi connectivity index (χ0n) is 10.6. The lowest BCUT2D eigenvalue weighted by atomic mass is 10.2. The lowest BCUT2D eigenvalue weighted by Crippen LogP contribution is -2.18. The summed E-state index contributed by atoms with van der Waals surface area (Å²) < 4.78 is 10.0. The Morgan fingerprint density at radius 2 is 2.00 bits per heavy atom. The summed E-state index contributed by atoms with van der Waals surface area (Å²) in [6, 6.07) is 8.60. The Kier molecular flexibility index (Phi) is 8.09. The van der Waals surface area contributed by atoms with E-state index in [-0.39, 0.29) is 0 Å². The minimum atomic E-state index is 0.752. The van der Waals surface area contributed by atoms with Crippen LogP contribution in [0, 0.1) is 0 Å². The Morgan fingerprint density at radius 3 is 2.76 bits per heavy atom. The topological polar surface area (TPSA) is 30.5 Å². The second-order valence-electron chi connectivity index (χ2n) is 3.66. The first kappa shape index (κ1) is 14.5. The fraction of sp³-hybridized carbons (Fsp3) is 0.538. The summed E-state index contributed by atoms with van der Waals surface area (Å²) in [5.74, 6) is 0.997. The highest BCUT2D eigenvalue weighted by molar-refractivity contribution is 7.99. The van der Waals surface area contributed by atoms with Gasteiger partial charge in [-0.15, -0.1) is 11.8 Å². The molecular weight excluding hydrogens is 234 g/mol. The standard InChI is InChI=1S/C13H21NO2S/c1-15-7-6-14-11-12-4-3-5-13(10-12)17-9-8-16-2/h3-5,10,14H,6-9,11H2,1-2H3. The molecule has 0 unspecified atom stereocenters. The molecule has 0 radical (unpaired) electrons. The summed E-state index contributed by atoms with van der Waals surface area (Å²) in [7, 11) is 3.45. The van der Waals surface area contributed by atoms with E-state index in [0.29, 0.717) is 0 Å². The highest BCUT2D eigenvalue weighted by atomic mass is 32.2. The number of rotatable bonds is 9. The predicted octanol–water partition coefficient (Wildman–Crippen LogP) is 2.16. The number of hydrogen-bond donors (Lipinski definition) is 1. The molecule has 0 fully saturated rings. The fourth-order valence-corrected chi connectivity index (χ4v) is 2.29. The molecule has 1 aromatic carbocycles. The molecule has 1 N–H and O–H groups in total. The van der Waals surface area contributed by atoms with Crippen LogP contribution in [0.1, 0.15) is 5.56 Å². The van der Waals surface area contributed by atoms with Crippen molar-refractivity contribution in [2.75, 3.05) is 39.7 Å². The summed E-state index contributed by atoms with van der Waals surface area (Å²) in [6.45, 7) is 3.32. The first-order valence-electron chi connectivity index (χ1n) is 5.77. The number of hydrogen-bond acceptors (Lipinski definition) is 4. The van der Waals surface area contributed by atoms with Crippen molar-refractivity contribution in [3.8, 4) is 0 Å². The van der Waals surface area contributed by atoms with Crippen molar-refractivity contribution in [3.05, 3.63) is 29.8 Å². The molecule has 17 heavy (non-hydrogen) atoms. The van der Waals surface area contributed by atoms with Crippen molar-refractivity contribution in [3.63, 3.8) is 0 Å². The molecule has 1 aromatic rings. The van der Waals surface area contributed by atoms with Crippen LogP contribution in [0.2, 0.25) is 0 Å². The molecule has 0 saturated heterocycles. The second-order valence-corrected chi connectivity index (χ2v) is 4.83. The molecule has 0 spiro atoms. The zero-order chi connectivity index (χ0) is 12.3. The van der Waals surface area contributed by atoms with E-state index >= 15 is 0 Å². The van der Waals surface area contributed by atoms with Crippen LogP contribution < -0.4 is 5.32 Å². The first-order valence-corrected chi connectivity index (χ1v) is 6.75. The van der Waals surface area contributed by atoms with Crippen LogP contribution in [0.5, 0.6) is 0 Å². The van der Waals surface area contributed by atoms with Crippen LogP contribution in [0.4, 0.5) is 0 Å². The third kappa shape index (κ3) is 6.68. The zero-order valence-corrected chi connectivity index (χ0v) is 11.4. The number of thioether (sulfide) groups is 1. The lowest BCUT2D eigenvalue weighted by Gasteiger charge is -2.06. The number of nitrogens with one attached hydrogen (secondary N) is 1. The SMILES string of the molecule is COCCNCc1cccc(SCCOC)c1. The van der Waals surface area contributed by atoms with E-state index < -0.39 is 0 Å². The van der Waals surface area contributed by atoms with Crippen molar-refractivity contribution in [1.29, 1.82) is 0 Å². The largest absolute Gasteiger partial charge is 0.384 e. The van der Waals surface area contributed by atoms with Gasteiger partial charge in [-0.25, -0.2) is 0 Å². The Bertz CT molecular complexity index is 307. The number of benzene rings is 1. The van der Waals surface area contributed by atoms with Gasteiger partial charge in [0, 0.05) is 38.0 Å². The molecular formula is C13H21NO2S. The van der Waals surface area contributed by atoms with Gasteiger partial charge in [-0.1, -0.05) is 12.1 Å². The van der Waals surface area contributed by atoms with Crippen LogP contribution in [0.15, 0.2) is 29.2 Å². The van der Waals surface area contributed by atoms with Gasteiger partial charge in [0.2, 0.25) is 0 Å². The molecule has 0 aliphatic carbocycles. The van der Waals surface area contributed by atoms with Gasteiger partial charge in [0.1, 0.15) is 0 Å². The molecule has 0 aliphatic rings. The van der Waals surface area contributed by atoms with Gasteiger partial charge in [0.15, 0.2) is 0 Å². The maximum atomic E-state index is 5.04. The van der Waals surface area contributed by atoms with Crippen LogP contribution in [-0.4, -0.2) is 39.7 Å². The monoisotopic (exact) mass is 255 g/mol. The molecule has 0 bridgehead atoms. The molecule has 3 nitrogen and oxygen atoms in total. The summed E-state index contributed by atoms with van der Waals surface area (Å²) in [5, 5.41) is 3.34. The van der Waals surface area contributed by atoms with Gasteiger partial charge in [0.05, 0.1) is 13.2 Å². The van der Waals surface area contributed by atoms with E-state index in [1.807, 2.05) is 11.8 Å². The highest BCUT2D eigenvalue weighted by Crippen LogP contribution is 2.18. The average Bonchev–Trinajstić information content (AvgIpc) is 2.36. The molecule has 96 valence electrons. The van der Waals surface area contributed by atoms with Crippen molar-refractivity contribution in [2.24, 2.45) is 0 Å². The molecule has 1 rings (SSSR count). The Hall–Kier alpha value is -0.550. The van der Waals surface area contributed by atoms with Gasteiger partial charge in [-0.05, 0) is 17.7 Å². The third-order valence-corrected chi connectivity index (χ3v) is 3.22. The van der Waals surface area contributed by atoms with Crippen molar-refractivity contribution >= 4 is 11.8 Å². The maximum Gasteiger partial charge on any atom is 0.0587 e. The summed E-state index contributed by atoms with van der Waals surface area (Å²) >= 11 is 1.83. The van der Waals surface area contributed by atoms with E-state index in [4.69, 9.17) is 9.47 Å². The van der Waals surface area contributed by atoms with Crippen molar-refractivity contribution < 1.29 is 9.47 Å². The quantitative estimate of drug-likeness (QED) is 0.541. The van der Waals surface area contributed by atoms with E-state index in [2.05, 4.69) is 29.6 Å². The van der Waals surface area contributed by atoms with Gasteiger partial charge >= 0.3 is 0 Å². The van der Waals surface area contributed by atoms with E-state index in [1.54, 1.807) is 14.2 Å². The first-order chi connectivity index (χ1) is 8.36. The molecule has 0 aromatic heterocycles. The summed E-state index contributed by atoms with van der Waals surface area (Å²) in [4.78, 5) is 1.30. The molecule has 0 aliphatic heterocycles. The van der Waals surface area contributed by atoms with Crippen molar-refractivity contribution in [2.45, 2.75) is 11.4 Å². The van der Waals surface area contributed by atoms with E-state index in [0.717, 1.165) is 32.1 Å². The lowest BCUT2D eigenvalue weighted by molar-refractivity contribution is 0.199. The summed E-state index contributed by atoms with van der Waals surface area (Å²) in [6.07, 6.45) is 0. The smallest absolute Gasteiger partial charge is 0.0587 e. The van der Waals surface area contributed by atoms with Gasteiger partial charge in [-0.3, -0.25) is 0 Å². The minimum Gasteiger partial charge on any atom is -0.384 e. The molecule has 0 amide bonds. The van der Waals surface area contributed by atoms with Gasteiger partial charge < -0.3 is 14.8 Å². The Morgan fingerprint density at radius 1 is 1.18 bits per heavy atom.